The fraction of sp³-hybridized carbons (Fsp3) is 0.529. The van der Waals surface area contributed by atoms with Crippen molar-refractivity contribution in [2.75, 3.05) is 6.54 Å². The van der Waals surface area contributed by atoms with E-state index in [-0.39, 0.29) is 17.6 Å². The molecule has 1 N–H and O–H groups in total. The molecule has 122 valence electrons. The van der Waals surface area contributed by atoms with Crippen LogP contribution in [0.2, 0.25) is 0 Å². The van der Waals surface area contributed by atoms with E-state index in [0.717, 1.165) is 12.0 Å². The van der Waals surface area contributed by atoms with E-state index in [1.807, 2.05) is 13.8 Å². The number of benzene rings is 1. The lowest BCUT2D eigenvalue weighted by Gasteiger charge is -2.30. The number of amides is 2. The molecular formula is C17H25FN2O2. The number of hydrogen-bond donors (Lipinski definition) is 1. The Kier molecular flexibility index (Phi) is 7.57. The molecule has 0 aliphatic rings. The molecule has 0 aliphatic carbocycles. The smallest absolute Gasteiger partial charge is 0.242 e. The zero-order valence-corrected chi connectivity index (χ0v) is 13.6. The molecule has 22 heavy (non-hydrogen) atoms. The number of nitrogens with one attached hydrogen (secondary N) is 1. The van der Waals surface area contributed by atoms with Gasteiger partial charge in [0.1, 0.15) is 11.9 Å². The van der Waals surface area contributed by atoms with Gasteiger partial charge in [0.2, 0.25) is 11.8 Å². The molecule has 0 spiro atoms. The second-order valence-electron chi connectivity index (χ2n) is 5.22. The number of carbonyl (C=O) groups is 2. The van der Waals surface area contributed by atoms with E-state index in [9.17, 15) is 14.0 Å². The van der Waals surface area contributed by atoms with Crippen LogP contribution in [0.1, 0.15) is 45.6 Å². The van der Waals surface area contributed by atoms with Gasteiger partial charge in [0, 0.05) is 19.5 Å². The summed E-state index contributed by atoms with van der Waals surface area (Å²) < 4.78 is 13.0. The highest BCUT2D eigenvalue weighted by molar-refractivity contribution is 5.87. The minimum absolute atomic E-state index is 0.0807. The predicted molar refractivity (Wildman–Crippen MR) is 84.6 cm³/mol. The summed E-state index contributed by atoms with van der Waals surface area (Å²) in [7, 11) is 0. The minimum Gasteiger partial charge on any atom is -0.354 e. The van der Waals surface area contributed by atoms with Crippen molar-refractivity contribution >= 4 is 11.8 Å². The molecule has 1 aromatic carbocycles. The molecule has 0 unspecified atom stereocenters. The third-order valence-corrected chi connectivity index (χ3v) is 3.50. The monoisotopic (exact) mass is 308 g/mol. The lowest BCUT2D eigenvalue weighted by Crippen LogP contribution is -2.49. The van der Waals surface area contributed by atoms with Gasteiger partial charge in [-0.3, -0.25) is 9.59 Å². The highest BCUT2D eigenvalue weighted by Crippen LogP contribution is 2.14. The van der Waals surface area contributed by atoms with Crippen molar-refractivity contribution in [1.82, 2.24) is 10.2 Å². The van der Waals surface area contributed by atoms with Crippen molar-refractivity contribution in [3.8, 4) is 0 Å². The van der Waals surface area contributed by atoms with Gasteiger partial charge in [-0.05, 0) is 30.5 Å². The summed E-state index contributed by atoms with van der Waals surface area (Å²) in [5.74, 6) is -0.527. The van der Waals surface area contributed by atoms with Gasteiger partial charge >= 0.3 is 0 Å². The van der Waals surface area contributed by atoms with Crippen LogP contribution in [-0.4, -0.2) is 29.3 Å². The van der Waals surface area contributed by atoms with Crippen LogP contribution in [-0.2, 0) is 16.1 Å². The van der Waals surface area contributed by atoms with Gasteiger partial charge in [0.25, 0.3) is 0 Å². The van der Waals surface area contributed by atoms with Gasteiger partial charge in [-0.2, -0.15) is 0 Å². The van der Waals surface area contributed by atoms with Crippen molar-refractivity contribution in [3.63, 3.8) is 0 Å². The lowest BCUT2D eigenvalue weighted by molar-refractivity contribution is -0.141. The summed E-state index contributed by atoms with van der Waals surface area (Å²) in [5, 5.41) is 2.84. The average molecular weight is 308 g/mol. The zero-order chi connectivity index (χ0) is 16.5. The third kappa shape index (κ3) is 5.13. The van der Waals surface area contributed by atoms with Crippen molar-refractivity contribution < 1.29 is 14.0 Å². The maximum atomic E-state index is 13.0. The van der Waals surface area contributed by atoms with E-state index < -0.39 is 6.04 Å². The Hall–Kier alpha value is -1.91. The topological polar surface area (TPSA) is 49.4 Å². The Labute approximate surface area is 131 Å². The maximum absolute atomic E-state index is 13.0. The van der Waals surface area contributed by atoms with Gasteiger partial charge in [-0.25, -0.2) is 4.39 Å². The quantitative estimate of drug-likeness (QED) is 0.803. The van der Waals surface area contributed by atoms with Gasteiger partial charge in [-0.15, -0.1) is 0 Å². The SMILES string of the molecule is CCCNC(=O)[C@H](CC)N(Cc1ccc(F)cc1)C(=O)CC. The molecule has 1 aromatic rings. The average Bonchev–Trinajstić information content (AvgIpc) is 2.53. The van der Waals surface area contributed by atoms with Crippen molar-refractivity contribution in [3.05, 3.63) is 35.6 Å². The predicted octanol–water partition coefficient (Wildman–Crippen LogP) is 2.87. The largest absolute Gasteiger partial charge is 0.354 e. The fourth-order valence-electron chi connectivity index (χ4n) is 2.28. The molecule has 0 saturated heterocycles. The summed E-state index contributed by atoms with van der Waals surface area (Å²) in [6, 6.07) is 5.51. The van der Waals surface area contributed by atoms with Crippen molar-refractivity contribution in [1.29, 1.82) is 0 Å². The normalized spacial score (nSPS) is 11.8. The number of rotatable bonds is 8. The first kappa shape index (κ1) is 18.1. The van der Waals surface area contributed by atoms with E-state index in [4.69, 9.17) is 0 Å². The number of nitrogens with zero attached hydrogens (tertiary/aromatic N) is 1. The van der Waals surface area contributed by atoms with Crippen LogP contribution in [0.15, 0.2) is 24.3 Å². The van der Waals surface area contributed by atoms with Crippen LogP contribution in [0.4, 0.5) is 4.39 Å². The number of halogens is 1. The first-order valence-corrected chi connectivity index (χ1v) is 7.85. The zero-order valence-electron chi connectivity index (χ0n) is 13.6. The highest BCUT2D eigenvalue weighted by Gasteiger charge is 2.27. The first-order chi connectivity index (χ1) is 10.5. The van der Waals surface area contributed by atoms with Crippen molar-refractivity contribution in [2.24, 2.45) is 0 Å². The van der Waals surface area contributed by atoms with E-state index >= 15 is 0 Å². The molecule has 0 radical (unpaired) electrons. The van der Waals surface area contributed by atoms with E-state index in [0.29, 0.717) is 25.9 Å². The third-order valence-electron chi connectivity index (χ3n) is 3.50. The van der Waals surface area contributed by atoms with Crippen LogP contribution in [0.5, 0.6) is 0 Å². The van der Waals surface area contributed by atoms with Gasteiger partial charge in [0.15, 0.2) is 0 Å². The van der Waals surface area contributed by atoms with Gasteiger partial charge in [-0.1, -0.05) is 32.9 Å². The first-order valence-electron chi connectivity index (χ1n) is 7.85. The Morgan fingerprint density at radius 1 is 1.18 bits per heavy atom. The van der Waals surface area contributed by atoms with Crippen LogP contribution >= 0.6 is 0 Å². The molecule has 2 amide bonds. The maximum Gasteiger partial charge on any atom is 0.242 e. The molecule has 5 heteroatoms. The van der Waals surface area contributed by atoms with Crippen LogP contribution in [0.3, 0.4) is 0 Å². The lowest BCUT2D eigenvalue weighted by atomic mass is 10.1. The Morgan fingerprint density at radius 3 is 2.32 bits per heavy atom. The number of carbonyl (C=O) groups excluding carboxylic acids is 2. The molecule has 1 rings (SSSR count). The van der Waals surface area contributed by atoms with E-state index in [1.165, 1.54) is 12.1 Å². The second-order valence-corrected chi connectivity index (χ2v) is 5.22. The van der Waals surface area contributed by atoms with Crippen molar-refractivity contribution in [2.45, 2.75) is 52.6 Å². The van der Waals surface area contributed by atoms with E-state index in [2.05, 4.69) is 5.32 Å². The van der Waals surface area contributed by atoms with Crippen LogP contribution in [0, 0.1) is 5.82 Å². The van der Waals surface area contributed by atoms with Gasteiger partial charge in [0.05, 0.1) is 0 Å². The van der Waals surface area contributed by atoms with E-state index in [1.54, 1.807) is 24.0 Å². The molecule has 0 aliphatic heterocycles. The molecule has 0 fully saturated rings. The molecule has 0 aromatic heterocycles. The van der Waals surface area contributed by atoms with Gasteiger partial charge < -0.3 is 10.2 Å². The molecule has 0 heterocycles. The highest BCUT2D eigenvalue weighted by atomic mass is 19.1. The van der Waals surface area contributed by atoms with Crippen LogP contribution < -0.4 is 5.32 Å². The Balaban J connectivity index is 2.92. The Bertz CT molecular complexity index is 488. The molecule has 0 bridgehead atoms. The fourth-order valence-corrected chi connectivity index (χ4v) is 2.28. The molecule has 4 nitrogen and oxygen atoms in total. The van der Waals surface area contributed by atoms with Crippen LogP contribution in [0.25, 0.3) is 0 Å². The summed E-state index contributed by atoms with van der Waals surface area (Å²) in [4.78, 5) is 26.1. The minimum atomic E-state index is -0.496. The standard InChI is InChI=1S/C17H25FN2O2/c1-4-11-19-17(22)15(5-2)20(16(21)6-3)12-13-7-9-14(18)10-8-13/h7-10,15H,4-6,11-12H2,1-3H3,(H,19,22)/t15-/m0/s1. The summed E-state index contributed by atoms with van der Waals surface area (Å²) >= 11 is 0. The Morgan fingerprint density at radius 2 is 1.82 bits per heavy atom. The molecule has 1 atom stereocenters. The number of hydrogen-bond acceptors (Lipinski definition) is 2. The second kappa shape index (κ2) is 9.18. The molecule has 0 saturated carbocycles. The summed E-state index contributed by atoms with van der Waals surface area (Å²) in [6.07, 6.45) is 1.73. The summed E-state index contributed by atoms with van der Waals surface area (Å²) in [5.41, 5.74) is 0.810. The summed E-state index contributed by atoms with van der Waals surface area (Å²) in [6.45, 7) is 6.55. The molecular weight excluding hydrogens is 283 g/mol.